The summed E-state index contributed by atoms with van der Waals surface area (Å²) in [6.45, 7) is 2.25. The van der Waals surface area contributed by atoms with Gasteiger partial charge in [0.1, 0.15) is 12.6 Å². The highest BCUT2D eigenvalue weighted by atomic mass is 16.4. The fraction of sp³-hybridized carbons (Fsp3) is 0.375. The van der Waals surface area contributed by atoms with Crippen LogP contribution >= 0.6 is 0 Å². The number of carboxylic acid groups (broad SMARTS) is 1. The van der Waals surface area contributed by atoms with Gasteiger partial charge in [-0.2, -0.15) is 0 Å². The Bertz CT molecular complexity index is 657. The van der Waals surface area contributed by atoms with Gasteiger partial charge < -0.3 is 21.9 Å². The molecule has 25 heavy (non-hydrogen) atoms. The van der Waals surface area contributed by atoms with Crippen LogP contribution < -0.4 is 16.8 Å². The van der Waals surface area contributed by atoms with Gasteiger partial charge in [0.15, 0.2) is 0 Å². The van der Waals surface area contributed by atoms with Crippen molar-refractivity contribution in [2.75, 3.05) is 6.54 Å². The van der Waals surface area contributed by atoms with E-state index in [1.54, 1.807) is 12.1 Å². The monoisotopic (exact) mass is 350 g/mol. The van der Waals surface area contributed by atoms with E-state index in [-0.39, 0.29) is 12.1 Å². The number of rotatable bonds is 7. The second-order valence-electron chi connectivity index (χ2n) is 5.54. The van der Waals surface area contributed by atoms with Crippen LogP contribution in [0.5, 0.6) is 0 Å². The lowest BCUT2D eigenvalue weighted by molar-refractivity contribution is -0.143. The van der Waals surface area contributed by atoms with Gasteiger partial charge in [-0.1, -0.05) is 12.1 Å². The Balaban J connectivity index is 3.01. The van der Waals surface area contributed by atoms with Crippen molar-refractivity contribution in [3.8, 4) is 0 Å². The van der Waals surface area contributed by atoms with Gasteiger partial charge in [-0.15, -0.1) is 0 Å². The maximum absolute atomic E-state index is 12.5. The van der Waals surface area contributed by atoms with Crippen LogP contribution in [-0.2, 0) is 20.9 Å². The number of nitrogens with one attached hydrogen (secondary N) is 1. The number of carbonyl (C=O) groups is 4. The largest absolute Gasteiger partial charge is 0.480 e. The molecule has 0 aliphatic rings. The summed E-state index contributed by atoms with van der Waals surface area (Å²) in [5.41, 5.74) is 11.8. The normalized spacial score (nSPS) is 12.8. The van der Waals surface area contributed by atoms with Crippen molar-refractivity contribution >= 4 is 23.7 Å². The van der Waals surface area contributed by atoms with E-state index in [9.17, 15) is 19.2 Å². The zero-order chi connectivity index (χ0) is 19.1. The molecule has 0 saturated carbocycles. The Morgan fingerprint density at radius 1 is 1.16 bits per heavy atom. The third-order valence-corrected chi connectivity index (χ3v) is 3.38. The van der Waals surface area contributed by atoms with E-state index in [2.05, 4.69) is 5.32 Å². The Morgan fingerprint density at radius 2 is 1.72 bits per heavy atom. The summed E-state index contributed by atoms with van der Waals surface area (Å²) in [5, 5.41) is 11.3. The summed E-state index contributed by atoms with van der Waals surface area (Å²) in [5.74, 6) is -3.57. The zero-order valence-electron chi connectivity index (χ0n) is 14.1. The molecule has 136 valence electrons. The molecule has 0 unspecified atom stereocenters. The molecule has 0 fully saturated rings. The van der Waals surface area contributed by atoms with Crippen LogP contribution in [-0.4, -0.2) is 52.3 Å². The van der Waals surface area contributed by atoms with Gasteiger partial charge in [0.25, 0.3) is 11.8 Å². The number of hydrogen-bond donors (Lipinski definition) is 4. The summed E-state index contributed by atoms with van der Waals surface area (Å²) >= 11 is 0. The highest BCUT2D eigenvalue weighted by molar-refractivity contribution is 6.08. The SMILES string of the molecule is C[C@H](N)C(=O)N[C@@H](C)C(=O)N(CC(=O)O)C(=O)c1ccc(CN)cc1. The number of nitrogens with two attached hydrogens (primary N) is 2. The highest BCUT2D eigenvalue weighted by Crippen LogP contribution is 2.09. The number of nitrogens with zero attached hydrogens (tertiary/aromatic N) is 1. The summed E-state index contributed by atoms with van der Waals surface area (Å²) in [7, 11) is 0. The van der Waals surface area contributed by atoms with Gasteiger partial charge in [0, 0.05) is 12.1 Å². The van der Waals surface area contributed by atoms with Gasteiger partial charge in [-0.3, -0.25) is 24.1 Å². The minimum absolute atomic E-state index is 0.137. The number of hydrogen-bond acceptors (Lipinski definition) is 6. The maximum atomic E-state index is 12.5. The first-order valence-corrected chi connectivity index (χ1v) is 7.59. The Hall–Kier alpha value is -2.78. The predicted molar refractivity (Wildman–Crippen MR) is 89.3 cm³/mol. The number of carbonyl (C=O) groups excluding carboxylic acids is 3. The van der Waals surface area contributed by atoms with E-state index < -0.39 is 42.3 Å². The quantitative estimate of drug-likeness (QED) is 0.494. The molecule has 0 bridgehead atoms. The number of aliphatic carboxylic acids is 1. The molecule has 0 saturated heterocycles. The van der Waals surface area contributed by atoms with Gasteiger partial charge in [0.2, 0.25) is 5.91 Å². The molecule has 0 spiro atoms. The van der Waals surface area contributed by atoms with Crippen molar-refractivity contribution in [1.82, 2.24) is 10.2 Å². The average molecular weight is 350 g/mol. The van der Waals surface area contributed by atoms with Crippen LogP contribution in [0.25, 0.3) is 0 Å². The molecule has 1 aromatic rings. The Morgan fingerprint density at radius 3 is 2.16 bits per heavy atom. The zero-order valence-corrected chi connectivity index (χ0v) is 14.1. The van der Waals surface area contributed by atoms with E-state index in [4.69, 9.17) is 16.6 Å². The molecular formula is C16H22N4O5. The minimum atomic E-state index is -1.36. The second kappa shape index (κ2) is 8.90. The van der Waals surface area contributed by atoms with Gasteiger partial charge >= 0.3 is 5.97 Å². The van der Waals surface area contributed by atoms with Gasteiger partial charge in [-0.25, -0.2) is 0 Å². The fourth-order valence-corrected chi connectivity index (χ4v) is 1.96. The lowest BCUT2D eigenvalue weighted by Crippen LogP contribution is -2.53. The molecule has 0 aliphatic heterocycles. The van der Waals surface area contributed by atoms with Crippen molar-refractivity contribution in [3.63, 3.8) is 0 Å². The number of imide groups is 1. The maximum Gasteiger partial charge on any atom is 0.323 e. The predicted octanol–water partition coefficient (Wildman–Crippen LogP) is -0.949. The van der Waals surface area contributed by atoms with Crippen molar-refractivity contribution in [2.45, 2.75) is 32.5 Å². The van der Waals surface area contributed by atoms with Crippen LogP contribution in [0.4, 0.5) is 0 Å². The van der Waals surface area contributed by atoms with Crippen LogP contribution in [0.3, 0.4) is 0 Å². The van der Waals surface area contributed by atoms with Crippen molar-refractivity contribution in [2.24, 2.45) is 11.5 Å². The first-order chi connectivity index (χ1) is 11.7. The molecule has 0 radical (unpaired) electrons. The van der Waals surface area contributed by atoms with Crippen LogP contribution in [0.15, 0.2) is 24.3 Å². The molecule has 3 amide bonds. The summed E-state index contributed by atoms with van der Waals surface area (Å²) in [6, 6.07) is 4.18. The molecule has 6 N–H and O–H groups in total. The molecule has 1 rings (SSSR count). The summed E-state index contributed by atoms with van der Waals surface area (Å²) < 4.78 is 0. The highest BCUT2D eigenvalue weighted by Gasteiger charge is 2.30. The number of carboxylic acids is 1. The third kappa shape index (κ3) is 5.66. The fourth-order valence-electron chi connectivity index (χ4n) is 1.96. The molecule has 2 atom stereocenters. The summed E-state index contributed by atoms with van der Waals surface area (Å²) in [4.78, 5) is 48.2. The smallest absolute Gasteiger partial charge is 0.323 e. The average Bonchev–Trinajstić information content (AvgIpc) is 2.58. The Labute approximate surface area is 145 Å². The number of amides is 3. The first-order valence-electron chi connectivity index (χ1n) is 7.59. The van der Waals surface area contributed by atoms with Gasteiger partial charge in [0.05, 0.1) is 6.04 Å². The molecule has 0 aliphatic carbocycles. The molecule has 9 nitrogen and oxygen atoms in total. The van der Waals surface area contributed by atoms with Crippen LogP contribution in [0.1, 0.15) is 29.8 Å². The molecule has 1 aromatic carbocycles. The van der Waals surface area contributed by atoms with E-state index in [0.29, 0.717) is 4.90 Å². The van der Waals surface area contributed by atoms with E-state index in [0.717, 1.165) is 5.56 Å². The van der Waals surface area contributed by atoms with E-state index >= 15 is 0 Å². The Kier molecular flexibility index (Phi) is 7.22. The second-order valence-corrected chi connectivity index (χ2v) is 5.54. The lowest BCUT2D eigenvalue weighted by atomic mass is 10.1. The van der Waals surface area contributed by atoms with Crippen LogP contribution in [0, 0.1) is 0 Å². The third-order valence-electron chi connectivity index (χ3n) is 3.38. The van der Waals surface area contributed by atoms with E-state index in [1.807, 2.05) is 0 Å². The standard InChI is InChI=1S/C16H22N4O5/c1-9(18)14(23)19-10(2)15(24)20(8-13(21)22)16(25)12-5-3-11(7-17)4-6-12/h3-6,9-10H,7-8,17-18H2,1-2H3,(H,19,23)(H,21,22)/t9-,10-/m0/s1. The van der Waals surface area contributed by atoms with Crippen molar-refractivity contribution < 1.29 is 24.3 Å². The van der Waals surface area contributed by atoms with Crippen molar-refractivity contribution in [1.29, 1.82) is 0 Å². The lowest BCUT2D eigenvalue weighted by Gasteiger charge is -2.23. The first kappa shape index (κ1) is 20.3. The van der Waals surface area contributed by atoms with Gasteiger partial charge in [-0.05, 0) is 31.5 Å². The molecule has 0 aromatic heterocycles. The minimum Gasteiger partial charge on any atom is -0.480 e. The molecule has 9 heteroatoms. The summed E-state index contributed by atoms with van der Waals surface area (Å²) in [6.07, 6.45) is 0. The molecular weight excluding hydrogens is 328 g/mol. The number of benzene rings is 1. The van der Waals surface area contributed by atoms with E-state index in [1.165, 1.54) is 26.0 Å². The topological polar surface area (TPSA) is 156 Å². The molecule has 0 heterocycles. The van der Waals surface area contributed by atoms with Crippen LogP contribution in [0.2, 0.25) is 0 Å². The van der Waals surface area contributed by atoms with Crippen molar-refractivity contribution in [3.05, 3.63) is 35.4 Å².